The van der Waals surface area contributed by atoms with Gasteiger partial charge in [-0.1, -0.05) is 6.07 Å². The Kier molecular flexibility index (Phi) is 5.72. The molecule has 2 aliphatic rings. The number of pyridine rings is 1. The van der Waals surface area contributed by atoms with Crippen molar-refractivity contribution in [1.29, 1.82) is 0 Å². The van der Waals surface area contributed by atoms with Crippen molar-refractivity contribution < 1.29 is 36.6 Å². The maximum absolute atomic E-state index is 14.3. The number of nitrogens with zero attached hydrogens (tertiary/aromatic N) is 1. The summed E-state index contributed by atoms with van der Waals surface area (Å²) in [4.78, 5) is 28.4. The van der Waals surface area contributed by atoms with E-state index in [0.717, 1.165) is 12.1 Å². The number of benzene rings is 1. The molecule has 3 heterocycles. The molecule has 2 bridgehead atoms. The van der Waals surface area contributed by atoms with E-state index in [-0.39, 0.29) is 29.1 Å². The van der Waals surface area contributed by atoms with Crippen LogP contribution >= 0.6 is 0 Å². The number of carbonyl (C=O) groups excluding carboxylic acids is 2. The third-order valence-corrected chi connectivity index (χ3v) is 5.24. The quantitative estimate of drug-likeness (QED) is 0.541. The van der Waals surface area contributed by atoms with Crippen LogP contribution < -0.4 is 5.32 Å². The van der Waals surface area contributed by atoms with Crippen LogP contribution in [0.5, 0.6) is 0 Å². The van der Waals surface area contributed by atoms with Gasteiger partial charge < -0.3 is 14.8 Å². The fourth-order valence-corrected chi connectivity index (χ4v) is 3.89. The number of carbonyl (C=O) groups is 2. The summed E-state index contributed by atoms with van der Waals surface area (Å²) in [6.07, 6.45) is -4.67. The van der Waals surface area contributed by atoms with E-state index in [4.69, 9.17) is 9.47 Å². The predicted molar refractivity (Wildman–Crippen MR) is 105 cm³/mol. The van der Waals surface area contributed by atoms with Crippen LogP contribution in [-0.2, 0) is 20.4 Å². The standard InChI is InChI=1S/C22H18F4N2O4/c1-2-31-21(30)12-7-6-11(10-13(12)23)27-20(29)19-16-9-8-15(32-16)18(19)14-4-3-5-17(28-14)22(24,25)26/h3-7,10,15-16H,2,8-9H2,1H3,(H,27,29)/t15-,16-/m0/s1. The van der Waals surface area contributed by atoms with Gasteiger partial charge in [-0.2, -0.15) is 13.2 Å². The predicted octanol–water partition coefficient (Wildman–Crippen LogP) is 4.37. The lowest BCUT2D eigenvalue weighted by Crippen LogP contribution is -2.23. The number of nitrogens with one attached hydrogen (secondary N) is 1. The highest BCUT2D eigenvalue weighted by atomic mass is 19.4. The zero-order valence-electron chi connectivity index (χ0n) is 16.8. The monoisotopic (exact) mass is 450 g/mol. The van der Waals surface area contributed by atoms with Gasteiger partial charge in [0.25, 0.3) is 5.91 Å². The van der Waals surface area contributed by atoms with Crippen molar-refractivity contribution in [2.45, 2.75) is 38.1 Å². The first-order valence-corrected chi connectivity index (χ1v) is 9.91. The highest BCUT2D eigenvalue weighted by Crippen LogP contribution is 2.44. The number of esters is 1. The van der Waals surface area contributed by atoms with Gasteiger partial charge in [-0.25, -0.2) is 14.2 Å². The topological polar surface area (TPSA) is 77.5 Å². The number of halogens is 4. The number of ether oxygens (including phenoxy) is 2. The lowest BCUT2D eigenvalue weighted by molar-refractivity contribution is -0.141. The lowest BCUT2D eigenvalue weighted by Gasteiger charge is -2.17. The van der Waals surface area contributed by atoms with E-state index in [9.17, 15) is 27.2 Å². The van der Waals surface area contributed by atoms with Crippen molar-refractivity contribution >= 4 is 23.1 Å². The van der Waals surface area contributed by atoms with E-state index in [1.165, 1.54) is 24.3 Å². The van der Waals surface area contributed by atoms with Gasteiger partial charge in [-0.15, -0.1) is 0 Å². The lowest BCUT2D eigenvalue weighted by atomic mass is 9.89. The molecule has 0 spiro atoms. The Morgan fingerprint density at radius 1 is 1.19 bits per heavy atom. The van der Waals surface area contributed by atoms with Crippen LogP contribution in [0, 0.1) is 5.82 Å². The number of fused-ring (bicyclic) bond motifs is 2. The average molecular weight is 450 g/mol. The molecule has 32 heavy (non-hydrogen) atoms. The Morgan fingerprint density at radius 2 is 1.94 bits per heavy atom. The molecule has 1 amide bonds. The molecule has 6 nitrogen and oxygen atoms in total. The van der Waals surface area contributed by atoms with Crippen molar-refractivity contribution in [2.24, 2.45) is 0 Å². The molecule has 0 aliphatic carbocycles. The van der Waals surface area contributed by atoms with E-state index in [1.807, 2.05) is 0 Å². The van der Waals surface area contributed by atoms with Crippen LogP contribution in [-0.4, -0.2) is 35.7 Å². The van der Waals surface area contributed by atoms with Crippen LogP contribution in [0.3, 0.4) is 0 Å². The molecule has 10 heteroatoms. The molecule has 0 saturated carbocycles. The molecule has 0 radical (unpaired) electrons. The fraction of sp³-hybridized carbons (Fsp3) is 0.318. The third kappa shape index (κ3) is 4.10. The molecule has 2 atom stereocenters. The normalized spacial score (nSPS) is 19.9. The summed E-state index contributed by atoms with van der Waals surface area (Å²) in [6, 6.07) is 6.97. The Hall–Kier alpha value is -3.27. The molecule has 4 rings (SSSR count). The maximum atomic E-state index is 14.3. The first-order chi connectivity index (χ1) is 15.2. The summed E-state index contributed by atoms with van der Waals surface area (Å²) in [5, 5.41) is 2.53. The Labute approximate surface area is 180 Å². The van der Waals surface area contributed by atoms with Crippen molar-refractivity contribution in [1.82, 2.24) is 4.98 Å². The van der Waals surface area contributed by atoms with Gasteiger partial charge in [0.2, 0.25) is 0 Å². The molecule has 2 aromatic rings. The second-order valence-electron chi connectivity index (χ2n) is 7.29. The number of hydrogen-bond acceptors (Lipinski definition) is 5. The summed E-state index contributed by atoms with van der Waals surface area (Å²) >= 11 is 0. The second-order valence-corrected chi connectivity index (χ2v) is 7.29. The molecule has 1 aromatic heterocycles. The van der Waals surface area contributed by atoms with Crippen molar-refractivity contribution in [3.8, 4) is 0 Å². The molecule has 2 aliphatic heterocycles. The minimum absolute atomic E-state index is 0.0148. The zero-order valence-corrected chi connectivity index (χ0v) is 16.8. The van der Waals surface area contributed by atoms with Gasteiger partial charge in [0.05, 0.1) is 35.6 Å². The molecule has 1 N–H and O–H groups in total. The highest BCUT2D eigenvalue weighted by Gasteiger charge is 2.45. The Balaban J connectivity index is 1.64. The van der Waals surface area contributed by atoms with Gasteiger partial charge in [-0.3, -0.25) is 4.79 Å². The summed E-state index contributed by atoms with van der Waals surface area (Å²) < 4.78 is 64.1. The van der Waals surface area contributed by atoms with Crippen LogP contribution in [0.4, 0.5) is 23.2 Å². The number of rotatable bonds is 5. The first-order valence-electron chi connectivity index (χ1n) is 9.91. The van der Waals surface area contributed by atoms with Crippen LogP contribution in [0.2, 0.25) is 0 Å². The highest BCUT2D eigenvalue weighted by molar-refractivity contribution is 6.11. The third-order valence-electron chi connectivity index (χ3n) is 5.24. The molecule has 1 aromatic carbocycles. The maximum Gasteiger partial charge on any atom is 0.433 e. The minimum atomic E-state index is -4.63. The van der Waals surface area contributed by atoms with Crippen LogP contribution in [0.15, 0.2) is 42.0 Å². The van der Waals surface area contributed by atoms with Gasteiger partial charge in [0.15, 0.2) is 0 Å². The molecule has 1 fully saturated rings. The van der Waals surface area contributed by atoms with Gasteiger partial charge in [0.1, 0.15) is 11.5 Å². The summed E-state index contributed by atoms with van der Waals surface area (Å²) in [5.41, 5.74) is -0.785. The van der Waals surface area contributed by atoms with Crippen LogP contribution in [0.25, 0.3) is 5.57 Å². The molecular formula is C22H18F4N2O4. The van der Waals surface area contributed by atoms with E-state index >= 15 is 0 Å². The molecular weight excluding hydrogens is 432 g/mol. The number of hydrogen-bond donors (Lipinski definition) is 1. The number of aromatic nitrogens is 1. The zero-order chi connectivity index (χ0) is 23.0. The molecule has 1 saturated heterocycles. The minimum Gasteiger partial charge on any atom is -0.462 e. The number of amides is 1. The Bertz CT molecular complexity index is 1110. The largest absolute Gasteiger partial charge is 0.462 e. The van der Waals surface area contributed by atoms with Crippen LogP contribution in [0.1, 0.15) is 41.5 Å². The fourth-order valence-electron chi connectivity index (χ4n) is 3.89. The van der Waals surface area contributed by atoms with E-state index in [2.05, 4.69) is 10.3 Å². The van der Waals surface area contributed by atoms with E-state index < -0.39 is 41.8 Å². The van der Waals surface area contributed by atoms with E-state index in [0.29, 0.717) is 18.4 Å². The van der Waals surface area contributed by atoms with E-state index in [1.54, 1.807) is 6.92 Å². The number of anilines is 1. The van der Waals surface area contributed by atoms with Crippen molar-refractivity contribution in [2.75, 3.05) is 11.9 Å². The summed E-state index contributed by atoms with van der Waals surface area (Å²) in [7, 11) is 0. The smallest absolute Gasteiger partial charge is 0.433 e. The summed E-state index contributed by atoms with van der Waals surface area (Å²) in [6.45, 7) is 1.67. The first kappa shape index (κ1) is 21.9. The summed E-state index contributed by atoms with van der Waals surface area (Å²) in [5.74, 6) is -2.33. The SMILES string of the molecule is CCOC(=O)c1ccc(NC(=O)C2=C(c3cccc(C(F)(F)F)n3)[C@@H]3CC[C@@H]2O3)cc1F. The van der Waals surface area contributed by atoms with Crippen molar-refractivity contribution in [3.05, 3.63) is 64.7 Å². The molecule has 168 valence electrons. The number of alkyl halides is 3. The average Bonchev–Trinajstić information content (AvgIpc) is 3.35. The van der Waals surface area contributed by atoms with Gasteiger partial charge in [-0.05, 0) is 50.1 Å². The second kappa shape index (κ2) is 8.34. The van der Waals surface area contributed by atoms with Crippen molar-refractivity contribution in [3.63, 3.8) is 0 Å². The molecule has 0 unspecified atom stereocenters. The van der Waals surface area contributed by atoms with Gasteiger partial charge >= 0.3 is 12.1 Å². The van der Waals surface area contributed by atoms with Gasteiger partial charge in [0, 0.05) is 11.3 Å². The Morgan fingerprint density at radius 3 is 2.62 bits per heavy atom.